The maximum atomic E-state index is 13.0. The Labute approximate surface area is 168 Å². The molecular formula is C23H33NO4. The largest absolute Gasteiger partial charge is 0.494 e. The summed E-state index contributed by atoms with van der Waals surface area (Å²) in [6.45, 7) is 7.34. The van der Waals surface area contributed by atoms with Crippen LogP contribution < -0.4 is 4.74 Å². The first-order valence-corrected chi connectivity index (χ1v) is 10.4. The monoisotopic (exact) mass is 387 g/mol. The second kappa shape index (κ2) is 11.5. The molecule has 2 unspecified atom stereocenters. The smallest absolute Gasteiger partial charge is 0.307 e. The summed E-state index contributed by atoms with van der Waals surface area (Å²) in [5, 5.41) is 0. The van der Waals surface area contributed by atoms with E-state index in [9.17, 15) is 9.59 Å². The molecule has 28 heavy (non-hydrogen) atoms. The third kappa shape index (κ3) is 6.70. The van der Waals surface area contributed by atoms with Gasteiger partial charge in [-0.3, -0.25) is 9.59 Å². The predicted molar refractivity (Wildman–Crippen MR) is 111 cm³/mol. The van der Waals surface area contributed by atoms with E-state index < -0.39 is 0 Å². The van der Waals surface area contributed by atoms with Gasteiger partial charge in [-0.15, -0.1) is 0 Å². The van der Waals surface area contributed by atoms with Crippen molar-refractivity contribution < 1.29 is 19.1 Å². The van der Waals surface area contributed by atoms with Crippen LogP contribution in [0.5, 0.6) is 5.75 Å². The van der Waals surface area contributed by atoms with Crippen LogP contribution in [0.15, 0.2) is 30.3 Å². The molecule has 5 heteroatoms. The van der Waals surface area contributed by atoms with Gasteiger partial charge in [0.1, 0.15) is 5.75 Å². The summed E-state index contributed by atoms with van der Waals surface area (Å²) in [4.78, 5) is 26.6. The topological polar surface area (TPSA) is 55.8 Å². The highest BCUT2D eigenvalue weighted by atomic mass is 16.5. The molecule has 0 spiro atoms. The van der Waals surface area contributed by atoms with Gasteiger partial charge in [0.15, 0.2) is 0 Å². The quantitative estimate of drug-likeness (QED) is 0.464. The van der Waals surface area contributed by atoms with Gasteiger partial charge < -0.3 is 14.4 Å². The van der Waals surface area contributed by atoms with E-state index in [-0.39, 0.29) is 24.3 Å². The molecule has 5 nitrogen and oxygen atoms in total. The third-order valence-corrected chi connectivity index (χ3v) is 5.22. The molecule has 1 aliphatic rings. The summed E-state index contributed by atoms with van der Waals surface area (Å²) in [5.41, 5.74) is 0.943. The number of ether oxygens (including phenoxy) is 2. The maximum Gasteiger partial charge on any atom is 0.307 e. The van der Waals surface area contributed by atoms with Gasteiger partial charge in [-0.1, -0.05) is 31.9 Å². The number of rotatable bonds is 9. The first-order chi connectivity index (χ1) is 13.5. The van der Waals surface area contributed by atoms with Gasteiger partial charge in [0, 0.05) is 18.7 Å². The summed E-state index contributed by atoms with van der Waals surface area (Å²) in [5.74, 6) is 0.966. The Kier molecular flexibility index (Phi) is 9.05. The van der Waals surface area contributed by atoms with Crippen LogP contribution in [0.4, 0.5) is 0 Å². The SMILES string of the molecule is CCOC(=O)CCN(C(=O)/C=C/c1ccc(OCC)cc1)C1CCCCC1C. The Balaban J connectivity index is 2.07. The molecule has 2 atom stereocenters. The summed E-state index contributed by atoms with van der Waals surface area (Å²) in [6.07, 6.45) is 8.12. The number of amides is 1. The second-order valence-electron chi connectivity index (χ2n) is 7.25. The van der Waals surface area contributed by atoms with Crippen molar-refractivity contribution in [3.63, 3.8) is 0 Å². The van der Waals surface area contributed by atoms with Crippen molar-refractivity contribution >= 4 is 18.0 Å². The van der Waals surface area contributed by atoms with Crippen LogP contribution in [0.25, 0.3) is 6.08 Å². The molecule has 0 saturated heterocycles. The summed E-state index contributed by atoms with van der Waals surface area (Å²) >= 11 is 0. The van der Waals surface area contributed by atoms with Crippen molar-refractivity contribution in [2.45, 2.75) is 58.9 Å². The predicted octanol–water partition coefficient (Wildman–Crippen LogP) is 4.46. The van der Waals surface area contributed by atoms with Gasteiger partial charge >= 0.3 is 5.97 Å². The number of hydrogen-bond donors (Lipinski definition) is 0. The zero-order valence-electron chi connectivity index (χ0n) is 17.4. The van der Waals surface area contributed by atoms with E-state index in [2.05, 4.69) is 6.92 Å². The first kappa shape index (κ1) is 22.0. The van der Waals surface area contributed by atoms with Crippen molar-refractivity contribution in [2.75, 3.05) is 19.8 Å². The fraction of sp³-hybridized carbons (Fsp3) is 0.565. The lowest BCUT2D eigenvalue weighted by atomic mass is 9.84. The fourth-order valence-corrected chi connectivity index (χ4v) is 3.75. The van der Waals surface area contributed by atoms with Crippen LogP contribution >= 0.6 is 0 Å². The van der Waals surface area contributed by atoms with E-state index in [0.29, 0.717) is 25.7 Å². The molecule has 0 N–H and O–H groups in total. The molecule has 2 rings (SSSR count). The van der Waals surface area contributed by atoms with Gasteiger partial charge in [-0.2, -0.15) is 0 Å². The van der Waals surface area contributed by atoms with Gasteiger partial charge in [0.25, 0.3) is 0 Å². The number of hydrogen-bond acceptors (Lipinski definition) is 4. The molecule has 1 aromatic rings. The highest BCUT2D eigenvalue weighted by Gasteiger charge is 2.29. The van der Waals surface area contributed by atoms with Crippen molar-refractivity contribution in [3.8, 4) is 5.75 Å². The van der Waals surface area contributed by atoms with Gasteiger partial charge in [-0.25, -0.2) is 0 Å². The number of benzene rings is 1. The van der Waals surface area contributed by atoms with Crippen molar-refractivity contribution in [3.05, 3.63) is 35.9 Å². The van der Waals surface area contributed by atoms with Crippen molar-refractivity contribution in [1.82, 2.24) is 4.90 Å². The van der Waals surface area contributed by atoms with Gasteiger partial charge in [0.05, 0.1) is 19.6 Å². The molecule has 154 valence electrons. The molecule has 1 aliphatic carbocycles. The van der Waals surface area contributed by atoms with Crippen LogP contribution in [0.2, 0.25) is 0 Å². The third-order valence-electron chi connectivity index (χ3n) is 5.22. The molecule has 0 heterocycles. The minimum absolute atomic E-state index is 0.0445. The lowest BCUT2D eigenvalue weighted by Crippen LogP contribution is -2.45. The van der Waals surface area contributed by atoms with E-state index in [1.165, 1.54) is 6.42 Å². The lowest BCUT2D eigenvalue weighted by Gasteiger charge is -2.38. The zero-order chi connectivity index (χ0) is 20.4. The van der Waals surface area contributed by atoms with Crippen molar-refractivity contribution in [2.24, 2.45) is 5.92 Å². The Morgan fingerprint density at radius 2 is 1.82 bits per heavy atom. The van der Waals surface area contributed by atoms with Crippen LogP contribution in [0, 0.1) is 5.92 Å². The van der Waals surface area contributed by atoms with Crippen LogP contribution in [0.1, 0.15) is 58.4 Å². The maximum absolute atomic E-state index is 13.0. The molecule has 1 saturated carbocycles. The summed E-state index contributed by atoms with van der Waals surface area (Å²) < 4.78 is 10.5. The van der Waals surface area contributed by atoms with Gasteiger partial charge in [0.2, 0.25) is 5.91 Å². The molecule has 0 bridgehead atoms. The molecule has 1 fully saturated rings. The normalized spacial score (nSPS) is 19.4. The highest BCUT2D eigenvalue weighted by Crippen LogP contribution is 2.28. The summed E-state index contributed by atoms with van der Waals surface area (Å²) in [6, 6.07) is 7.84. The number of carbonyl (C=O) groups is 2. The molecule has 0 aromatic heterocycles. The van der Waals surface area contributed by atoms with E-state index in [4.69, 9.17) is 9.47 Å². The molecule has 0 aliphatic heterocycles. The zero-order valence-corrected chi connectivity index (χ0v) is 17.4. The first-order valence-electron chi connectivity index (χ1n) is 10.4. The second-order valence-corrected chi connectivity index (χ2v) is 7.25. The average molecular weight is 388 g/mol. The van der Waals surface area contributed by atoms with Crippen LogP contribution in [0.3, 0.4) is 0 Å². The molecular weight excluding hydrogens is 354 g/mol. The molecule has 1 aromatic carbocycles. The van der Waals surface area contributed by atoms with Crippen molar-refractivity contribution in [1.29, 1.82) is 0 Å². The number of nitrogens with zero attached hydrogens (tertiary/aromatic N) is 1. The highest BCUT2D eigenvalue weighted by molar-refractivity contribution is 5.92. The van der Waals surface area contributed by atoms with E-state index in [0.717, 1.165) is 30.6 Å². The number of carbonyl (C=O) groups excluding carboxylic acids is 2. The Bertz CT molecular complexity index is 653. The van der Waals surface area contributed by atoms with E-state index >= 15 is 0 Å². The average Bonchev–Trinajstić information content (AvgIpc) is 2.69. The Hall–Kier alpha value is -2.30. The fourth-order valence-electron chi connectivity index (χ4n) is 3.75. The Morgan fingerprint density at radius 3 is 2.46 bits per heavy atom. The van der Waals surface area contributed by atoms with Crippen LogP contribution in [-0.4, -0.2) is 42.6 Å². The minimum Gasteiger partial charge on any atom is -0.494 e. The number of esters is 1. The van der Waals surface area contributed by atoms with Crippen LogP contribution in [-0.2, 0) is 14.3 Å². The summed E-state index contributed by atoms with van der Waals surface area (Å²) in [7, 11) is 0. The molecule has 1 amide bonds. The Morgan fingerprint density at radius 1 is 1.11 bits per heavy atom. The standard InChI is InChI=1S/C23H33NO4/c1-4-27-20-13-10-19(11-14-20)12-15-22(25)24(17-16-23(26)28-5-2)21-9-7-6-8-18(21)3/h10-15,18,21H,4-9,16-17H2,1-3H3/b15-12+. The minimum atomic E-state index is -0.251. The lowest BCUT2D eigenvalue weighted by molar-refractivity contribution is -0.144. The molecule has 0 radical (unpaired) electrons. The van der Waals surface area contributed by atoms with E-state index in [1.54, 1.807) is 13.0 Å². The van der Waals surface area contributed by atoms with Gasteiger partial charge in [-0.05, 0) is 56.4 Å². The van der Waals surface area contributed by atoms with E-state index in [1.807, 2.05) is 42.2 Å².